The fraction of sp³-hybridized carbons (Fsp3) is 0.429. The molecule has 0 aliphatic rings. The van der Waals surface area contributed by atoms with E-state index < -0.39 is 0 Å². The van der Waals surface area contributed by atoms with Gasteiger partial charge in [0, 0.05) is 17.2 Å². The van der Waals surface area contributed by atoms with Crippen LogP contribution in [0.4, 0.5) is 0 Å². The van der Waals surface area contributed by atoms with Crippen molar-refractivity contribution in [2.24, 2.45) is 5.73 Å². The summed E-state index contributed by atoms with van der Waals surface area (Å²) in [5, 5.41) is 3.03. The van der Waals surface area contributed by atoms with E-state index in [9.17, 15) is 4.79 Å². The lowest BCUT2D eigenvalue weighted by Gasteiger charge is -2.16. The number of hydrogen-bond acceptors (Lipinski definition) is 2. The highest BCUT2D eigenvalue weighted by Crippen LogP contribution is 2.07. The molecule has 3 N–H and O–H groups in total. The molecular weight excluding hydrogens is 244 g/mol. The van der Waals surface area contributed by atoms with Crippen LogP contribution in [-0.2, 0) is 0 Å². The van der Waals surface area contributed by atoms with Crippen molar-refractivity contribution >= 4 is 23.1 Å². The summed E-state index contributed by atoms with van der Waals surface area (Å²) in [5.41, 5.74) is 6.89. The topological polar surface area (TPSA) is 55.1 Å². The average Bonchev–Trinajstić information content (AvgIpc) is 2.38. The van der Waals surface area contributed by atoms with E-state index in [4.69, 9.17) is 18.0 Å². The lowest BCUT2D eigenvalue weighted by Crippen LogP contribution is -2.34. The maximum atomic E-state index is 12.1. The van der Waals surface area contributed by atoms with Gasteiger partial charge in [0.25, 0.3) is 5.91 Å². The van der Waals surface area contributed by atoms with Crippen LogP contribution >= 0.6 is 12.2 Å². The second-order valence-corrected chi connectivity index (χ2v) is 4.75. The summed E-state index contributed by atoms with van der Waals surface area (Å²) >= 11 is 4.91. The van der Waals surface area contributed by atoms with Crippen LogP contribution < -0.4 is 11.1 Å². The van der Waals surface area contributed by atoms with Crippen LogP contribution in [0.5, 0.6) is 0 Å². The second-order valence-electron chi connectivity index (χ2n) is 4.31. The van der Waals surface area contributed by atoms with Gasteiger partial charge in [0.2, 0.25) is 0 Å². The van der Waals surface area contributed by atoms with E-state index >= 15 is 0 Å². The molecule has 3 nitrogen and oxygen atoms in total. The number of nitrogens with one attached hydrogen (secondary N) is 1. The number of carbonyl (C=O) groups is 1. The molecule has 0 bridgehead atoms. The van der Waals surface area contributed by atoms with Crippen LogP contribution in [0.3, 0.4) is 0 Å². The Morgan fingerprint density at radius 1 is 1.39 bits per heavy atom. The second kappa shape index (κ2) is 7.11. The molecule has 1 aromatic rings. The van der Waals surface area contributed by atoms with Gasteiger partial charge in [-0.3, -0.25) is 4.79 Å². The van der Waals surface area contributed by atoms with Crippen LogP contribution in [0.25, 0.3) is 0 Å². The molecule has 0 fully saturated rings. The van der Waals surface area contributed by atoms with E-state index in [0.717, 1.165) is 24.8 Å². The Bertz CT molecular complexity index is 432. The summed E-state index contributed by atoms with van der Waals surface area (Å²) < 4.78 is 0. The molecule has 0 aliphatic carbocycles. The van der Waals surface area contributed by atoms with Crippen molar-refractivity contribution in [2.45, 2.75) is 39.2 Å². The quantitative estimate of drug-likeness (QED) is 0.777. The summed E-state index contributed by atoms with van der Waals surface area (Å²) in [7, 11) is 0. The number of rotatable bonds is 6. The maximum Gasteiger partial charge on any atom is 0.251 e. The van der Waals surface area contributed by atoms with E-state index in [1.165, 1.54) is 0 Å². The normalized spacial score (nSPS) is 11.9. The van der Waals surface area contributed by atoms with Crippen molar-refractivity contribution in [1.82, 2.24) is 5.32 Å². The zero-order valence-electron chi connectivity index (χ0n) is 10.9. The molecular formula is C14H20N2OS. The fourth-order valence-corrected chi connectivity index (χ4v) is 1.94. The largest absolute Gasteiger partial charge is 0.389 e. The molecule has 0 aromatic heterocycles. The first-order chi connectivity index (χ1) is 8.58. The summed E-state index contributed by atoms with van der Waals surface area (Å²) in [6.07, 6.45) is 3.00. The third-order valence-corrected chi connectivity index (χ3v) is 3.11. The minimum absolute atomic E-state index is 0.0617. The highest BCUT2D eigenvalue weighted by atomic mass is 32.1. The molecule has 4 heteroatoms. The highest BCUT2D eigenvalue weighted by molar-refractivity contribution is 7.80. The molecule has 1 unspecified atom stereocenters. The standard InChI is InChI=1S/C14H20N2OS/c1-3-6-12(4-2)16-14(17)11-8-5-7-10(9-11)13(15)18/h5,7-9,12H,3-4,6H2,1-2H3,(H2,15,18)(H,16,17). The number of thiocarbonyl (C=S) groups is 1. The molecule has 0 spiro atoms. The lowest BCUT2D eigenvalue weighted by molar-refractivity contribution is 0.0933. The zero-order chi connectivity index (χ0) is 13.5. The number of benzene rings is 1. The Labute approximate surface area is 114 Å². The zero-order valence-corrected chi connectivity index (χ0v) is 11.7. The molecule has 0 saturated heterocycles. The van der Waals surface area contributed by atoms with Gasteiger partial charge < -0.3 is 11.1 Å². The van der Waals surface area contributed by atoms with Crippen LogP contribution in [0, 0.1) is 0 Å². The molecule has 0 radical (unpaired) electrons. The lowest BCUT2D eigenvalue weighted by atomic mass is 10.1. The smallest absolute Gasteiger partial charge is 0.251 e. The summed E-state index contributed by atoms with van der Waals surface area (Å²) in [6, 6.07) is 7.34. The van der Waals surface area contributed by atoms with Gasteiger partial charge in [-0.25, -0.2) is 0 Å². The molecule has 1 aromatic carbocycles. The monoisotopic (exact) mass is 264 g/mol. The average molecular weight is 264 g/mol. The molecule has 18 heavy (non-hydrogen) atoms. The van der Waals surface area contributed by atoms with Gasteiger partial charge in [0.1, 0.15) is 4.99 Å². The molecule has 98 valence electrons. The predicted octanol–water partition coefficient (Wildman–Crippen LogP) is 2.63. The van der Waals surface area contributed by atoms with Crippen molar-refractivity contribution in [3.8, 4) is 0 Å². The van der Waals surface area contributed by atoms with Crippen molar-refractivity contribution < 1.29 is 4.79 Å². The number of hydrogen-bond donors (Lipinski definition) is 2. The molecule has 0 saturated carbocycles. The number of carbonyl (C=O) groups excluding carboxylic acids is 1. The molecule has 1 rings (SSSR count). The maximum absolute atomic E-state index is 12.1. The number of amides is 1. The SMILES string of the molecule is CCCC(CC)NC(=O)c1cccc(C(N)=S)c1. The van der Waals surface area contributed by atoms with Gasteiger partial charge in [0.15, 0.2) is 0 Å². The van der Waals surface area contributed by atoms with E-state index in [0.29, 0.717) is 10.6 Å². The molecule has 0 aliphatic heterocycles. The summed E-state index contributed by atoms with van der Waals surface area (Å²) in [5.74, 6) is -0.0617. The number of nitrogens with two attached hydrogens (primary N) is 1. The van der Waals surface area contributed by atoms with Crippen molar-refractivity contribution in [3.63, 3.8) is 0 Å². The van der Waals surface area contributed by atoms with E-state index in [1.54, 1.807) is 18.2 Å². The summed E-state index contributed by atoms with van der Waals surface area (Å²) in [6.45, 7) is 4.19. The first-order valence-corrected chi connectivity index (χ1v) is 6.70. The Balaban J connectivity index is 2.77. The van der Waals surface area contributed by atoms with Crippen molar-refractivity contribution in [1.29, 1.82) is 0 Å². The summed E-state index contributed by atoms with van der Waals surface area (Å²) in [4.78, 5) is 12.4. The minimum atomic E-state index is -0.0617. The van der Waals surface area contributed by atoms with Gasteiger partial charge in [-0.2, -0.15) is 0 Å². The third-order valence-electron chi connectivity index (χ3n) is 2.87. The van der Waals surface area contributed by atoms with E-state index in [2.05, 4.69) is 19.2 Å². The van der Waals surface area contributed by atoms with Crippen LogP contribution in [0.2, 0.25) is 0 Å². The highest BCUT2D eigenvalue weighted by Gasteiger charge is 2.12. The fourth-order valence-electron chi connectivity index (χ4n) is 1.81. The van der Waals surface area contributed by atoms with Gasteiger partial charge in [0.05, 0.1) is 0 Å². The predicted molar refractivity (Wildman–Crippen MR) is 78.8 cm³/mol. The van der Waals surface area contributed by atoms with Gasteiger partial charge in [-0.05, 0) is 25.0 Å². The third kappa shape index (κ3) is 4.11. The Hall–Kier alpha value is -1.42. The van der Waals surface area contributed by atoms with Crippen LogP contribution in [0.15, 0.2) is 24.3 Å². The Kier molecular flexibility index (Phi) is 5.78. The van der Waals surface area contributed by atoms with Crippen molar-refractivity contribution in [2.75, 3.05) is 0 Å². The van der Waals surface area contributed by atoms with E-state index in [-0.39, 0.29) is 11.9 Å². The van der Waals surface area contributed by atoms with Gasteiger partial charge >= 0.3 is 0 Å². The van der Waals surface area contributed by atoms with Gasteiger partial charge in [-0.15, -0.1) is 0 Å². The Morgan fingerprint density at radius 3 is 2.61 bits per heavy atom. The van der Waals surface area contributed by atoms with Crippen molar-refractivity contribution in [3.05, 3.63) is 35.4 Å². The Morgan fingerprint density at radius 2 is 2.06 bits per heavy atom. The van der Waals surface area contributed by atoms with Crippen LogP contribution in [0.1, 0.15) is 49.0 Å². The molecule has 1 atom stereocenters. The first-order valence-electron chi connectivity index (χ1n) is 6.29. The molecule has 0 heterocycles. The van der Waals surface area contributed by atoms with E-state index in [1.807, 2.05) is 6.07 Å². The molecule has 1 amide bonds. The van der Waals surface area contributed by atoms with Gasteiger partial charge in [-0.1, -0.05) is 44.6 Å². The van der Waals surface area contributed by atoms with Crippen LogP contribution in [-0.4, -0.2) is 16.9 Å². The first kappa shape index (κ1) is 14.6. The minimum Gasteiger partial charge on any atom is -0.389 e.